The normalized spacial score (nSPS) is 20.4. The van der Waals surface area contributed by atoms with Crippen molar-refractivity contribution in [2.24, 2.45) is 0 Å². The number of furan rings is 1. The molecule has 1 N–H and O–H groups in total. The summed E-state index contributed by atoms with van der Waals surface area (Å²) in [5, 5.41) is 10.1. The molecule has 2 aromatic rings. The number of ether oxygens (including phenoxy) is 2. The number of amides is 1. The molecule has 6 heteroatoms. The maximum absolute atomic E-state index is 12.8. The van der Waals surface area contributed by atoms with Gasteiger partial charge in [-0.2, -0.15) is 0 Å². The predicted octanol–water partition coefficient (Wildman–Crippen LogP) is 2.38. The highest BCUT2D eigenvalue weighted by Gasteiger charge is 2.37. The van der Waals surface area contributed by atoms with Gasteiger partial charge in [-0.05, 0) is 36.2 Å². The van der Waals surface area contributed by atoms with Crippen LogP contribution in [0.5, 0.6) is 5.75 Å². The second-order valence-electron chi connectivity index (χ2n) is 5.84. The molecule has 0 saturated carbocycles. The molecule has 1 aromatic carbocycles. The quantitative estimate of drug-likeness (QED) is 0.911. The lowest BCUT2D eigenvalue weighted by molar-refractivity contribution is 0.0676. The Balaban J connectivity index is 1.85. The van der Waals surface area contributed by atoms with Gasteiger partial charge in [0.25, 0.3) is 5.91 Å². The number of aliphatic hydroxyl groups excluding tert-OH is 1. The van der Waals surface area contributed by atoms with Gasteiger partial charge in [0.2, 0.25) is 0 Å². The van der Waals surface area contributed by atoms with E-state index in [1.165, 1.54) is 0 Å². The minimum Gasteiger partial charge on any atom is -0.497 e. The highest BCUT2D eigenvalue weighted by molar-refractivity contribution is 5.92. The van der Waals surface area contributed by atoms with Gasteiger partial charge in [0.05, 0.1) is 19.3 Å². The second-order valence-corrected chi connectivity index (χ2v) is 5.84. The van der Waals surface area contributed by atoms with Crippen molar-refractivity contribution in [2.75, 3.05) is 20.8 Å². The molecular weight excluding hydrogens is 310 g/mol. The number of methoxy groups -OCH3 is 2. The van der Waals surface area contributed by atoms with E-state index in [0.717, 1.165) is 11.3 Å². The van der Waals surface area contributed by atoms with Crippen LogP contribution in [0.1, 0.15) is 34.3 Å². The van der Waals surface area contributed by atoms with Crippen molar-refractivity contribution in [1.82, 2.24) is 4.90 Å². The smallest absolute Gasteiger partial charge is 0.290 e. The van der Waals surface area contributed by atoms with Crippen molar-refractivity contribution in [3.8, 4) is 5.75 Å². The van der Waals surface area contributed by atoms with Crippen LogP contribution in [0.3, 0.4) is 0 Å². The largest absolute Gasteiger partial charge is 0.497 e. The van der Waals surface area contributed by atoms with Gasteiger partial charge in [-0.1, -0.05) is 12.1 Å². The van der Waals surface area contributed by atoms with Crippen LogP contribution in [0.4, 0.5) is 0 Å². The zero-order valence-corrected chi connectivity index (χ0v) is 13.8. The van der Waals surface area contributed by atoms with Crippen LogP contribution in [-0.4, -0.2) is 42.8 Å². The maximum atomic E-state index is 12.8. The number of carbonyl (C=O) groups is 1. The number of nitrogens with zero attached hydrogens (tertiary/aromatic N) is 1. The fourth-order valence-corrected chi connectivity index (χ4v) is 3.06. The molecular formula is C18H21NO5. The molecule has 1 saturated heterocycles. The molecule has 0 radical (unpaired) electrons. The van der Waals surface area contributed by atoms with Gasteiger partial charge < -0.3 is 23.9 Å². The third-order valence-corrected chi connectivity index (χ3v) is 4.18. The fraction of sp³-hybridized carbons (Fsp3) is 0.389. The van der Waals surface area contributed by atoms with Crippen LogP contribution in [0, 0.1) is 0 Å². The van der Waals surface area contributed by atoms with E-state index in [1.54, 1.807) is 31.3 Å². The van der Waals surface area contributed by atoms with Crippen LogP contribution in [0.25, 0.3) is 0 Å². The summed E-state index contributed by atoms with van der Waals surface area (Å²) in [7, 11) is 3.17. The van der Waals surface area contributed by atoms with Crippen molar-refractivity contribution in [3.63, 3.8) is 0 Å². The number of aliphatic hydroxyl groups is 1. The Kier molecular flexibility index (Phi) is 4.87. The highest BCUT2D eigenvalue weighted by atomic mass is 16.5. The Morgan fingerprint density at radius 1 is 1.33 bits per heavy atom. The molecule has 0 bridgehead atoms. The molecule has 1 aliphatic heterocycles. The first-order valence-electron chi connectivity index (χ1n) is 7.83. The minimum absolute atomic E-state index is 0.210. The zero-order chi connectivity index (χ0) is 17.1. The van der Waals surface area contributed by atoms with Gasteiger partial charge in [-0.3, -0.25) is 4.79 Å². The summed E-state index contributed by atoms with van der Waals surface area (Å²) in [4.78, 5) is 14.4. The Labute approximate surface area is 140 Å². The first kappa shape index (κ1) is 16.5. The number of carbonyl (C=O) groups excluding carboxylic acids is 1. The standard InChI is InChI=1S/C18H21NO5/c1-22-11-15-6-7-17(24-15)18(21)19-10-13(20)9-16(19)12-4-3-5-14(8-12)23-2/h3-8,13,16,20H,9-11H2,1-2H3. The Morgan fingerprint density at radius 2 is 2.17 bits per heavy atom. The summed E-state index contributed by atoms with van der Waals surface area (Å²) >= 11 is 0. The van der Waals surface area contributed by atoms with Crippen LogP contribution in [0.2, 0.25) is 0 Å². The molecule has 1 aliphatic rings. The van der Waals surface area contributed by atoms with Crippen molar-refractivity contribution in [2.45, 2.75) is 25.2 Å². The number of likely N-dealkylation sites (tertiary alicyclic amines) is 1. The number of hydrogen-bond acceptors (Lipinski definition) is 5. The van der Waals surface area contributed by atoms with Gasteiger partial charge in [0, 0.05) is 13.7 Å². The van der Waals surface area contributed by atoms with Crippen molar-refractivity contribution < 1.29 is 23.8 Å². The second kappa shape index (κ2) is 7.07. The Hall–Kier alpha value is -2.31. The van der Waals surface area contributed by atoms with E-state index < -0.39 is 6.10 Å². The number of benzene rings is 1. The Morgan fingerprint density at radius 3 is 2.92 bits per heavy atom. The van der Waals surface area contributed by atoms with Gasteiger partial charge >= 0.3 is 0 Å². The zero-order valence-electron chi connectivity index (χ0n) is 13.8. The van der Waals surface area contributed by atoms with Crippen molar-refractivity contribution in [1.29, 1.82) is 0 Å². The average Bonchev–Trinajstić information content (AvgIpc) is 3.21. The molecule has 128 valence electrons. The fourth-order valence-electron chi connectivity index (χ4n) is 3.06. The topological polar surface area (TPSA) is 72.1 Å². The minimum atomic E-state index is -0.557. The van der Waals surface area contributed by atoms with Gasteiger partial charge in [0.15, 0.2) is 5.76 Å². The summed E-state index contributed by atoms with van der Waals surface area (Å²) in [5.41, 5.74) is 0.933. The summed E-state index contributed by atoms with van der Waals surface area (Å²) in [6.45, 7) is 0.593. The van der Waals surface area contributed by atoms with E-state index in [1.807, 2.05) is 24.3 Å². The molecule has 3 rings (SSSR count). The first-order valence-corrected chi connectivity index (χ1v) is 7.83. The molecule has 2 atom stereocenters. The molecule has 0 aliphatic carbocycles. The molecule has 0 spiro atoms. The van der Waals surface area contributed by atoms with E-state index >= 15 is 0 Å². The SMILES string of the molecule is COCc1ccc(C(=O)N2CC(O)CC2c2cccc(OC)c2)o1. The van der Waals surface area contributed by atoms with Crippen molar-refractivity contribution in [3.05, 3.63) is 53.5 Å². The van der Waals surface area contributed by atoms with Crippen LogP contribution in [0.15, 0.2) is 40.8 Å². The summed E-state index contributed by atoms with van der Waals surface area (Å²) in [6, 6.07) is 10.7. The number of β-amino-alcohol motifs (C(OH)–C–C–N with tert-alkyl or cyclic N) is 1. The van der Waals surface area contributed by atoms with Crippen LogP contribution in [-0.2, 0) is 11.3 Å². The number of rotatable bonds is 5. The molecule has 1 aromatic heterocycles. The van der Waals surface area contributed by atoms with E-state index in [0.29, 0.717) is 18.8 Å². The highest BCUT2D eigenvalue weighted by Crippen LogP contribution is 2.35. The van der Waals surface area contributed by atoms with Crippen molar-refractivity contribution >= 4 is 5.91 Å². The molecule has 1 amide bonds. The van der Waals surface area contributed by atoms with Gasteiger partial charge in [-0.25, -0.2) is 0 Å². The number of hydrogen-bond donors (Lipinski definition) is 1. The first-order chi connectivity index (χ1) is 11.6. The summed E-state index contributed by atoms with van der Waals surface area (Å²) in [5.74, 6) is 1.34. The maximum Gasteiger partial charge on any atom is 0.290 e. The van der Waals surface area contributed by atoms with Gasteiger partial charge in [-0.15, -0.1) is 0 Å². The molecule has 6 nitrogen and oxygen atoms in total. The molecule has 2 heterocycles. The monoisotopic (exact) mass is 331 g/mol. The lowest BCUT2D eigenvalue weighted by Gasteiger charge is -2.24. The lowest BCUT2D eigenvalue weighted by atomic mass is 10.0. The van der Waals surface area contributed by atoms with Crippen LogP contribution < -0.4 is 4.74 Å². The average molecular weight is 331 g/mol. The van der Waals surface area contributed by atoms with Crippen LogP contribution >= 0.6 is 0 Å². The molecule has 1 fully saturated rings. The third kappa shape index (κ3) is 3.29. The van der Waals surface area contributed by atoms with E-state index in [2.05, 4.69) is 0 Å². The summed E-state index contributed by atoms with van der Waals surface area (Å²) in [6.07, 6.45) is -0.0663. The van der Waals surface area contributed by atoms with E-state index in [4.69, 9.17) is 13.9 Å². The summed E-state index contributed by atoms with van der Waals surface area (Å²) < 4.78 is 15.8. The molecule has 24 heavy (non-hydrogen) atoms. The van der Waals surface area contributed by atoms with E-state index in [-0.39, 0.29) is 24.3 Å². The van der Waals surface area contributed by atoms with Gasteiger partial charge in [0.1, 0.15) is 18.1 Å². The molecule has 2 unspecified atom stereocenters. The lowest BCUT2D eigenvalue weighted by Crippen LogP contribution is -2.31. The predicted molar refractivity (Wildman–Crippen MR) is 86.8 cm³/mol. The van der Waals surface area contributed by atoms with E-state index in [9.17, 15) is 9.90 Å². The Bertz CT molecular complexity index is 711. The third-order valence-electron chi connectivity index (χ3n) is 4.18.